The lowest BCUT2D eigenvalue weighted by atomic mass is 9.91. The summed E-state index contributed by atoms with van der Waals surface area (Å²) in [5.41, 5.74) is 2.24. The van der Waals surface area contributed by atoms with Crippen LogP contribution in [0.3, 0.4) is 0 Å². The Kier molecular flexibility index (Phi) is 4.12. The predicted octanol–water partition coefficient (Wildman–Crippen LogP) is 2.27. The van der Waals surface area contributed by atoms with Crippen molar-refractivity contribution in [1.82, 2.24) is 0 Å². The van der Waals surface area contributed by atoms with Crippen LogP contribution in [-0.2, 0) is 4.79 Å². The van der Waals surface area contributed by atoms with Gasteiger partial charge >= 0.3 is 6.18 Å². The molecule has 0 aromatic heterocycles. The van der Waals surface area contributed by atoms with E-state index in [1.807, 2.05) is 13.8 Å². The largest absolute Gasteiger partial charge is 0.413 e. The first kappa shape index (κ1) is 13.4. The topological polar surface area (TPSA) is 43.1 Å². The minimum Gasteiger partial charge on any atom is -0.312 e. The zero-order valence-corrected chi connectivity index (χ0v) is 8.61. The van der Waals surface area contributed by atoms with Crippen LogP contribution in [0.25, 0.3) is 0 Å². The number of carbonyl (C=O) groups excluding carboxylic acids is 1. The molecule has 5 heteroatoms. The van der Waals surface area contributed by atoms with Crippen molar-refractivity contribution in [1.29, 1.82) is 0 Å². The van der Waals surface area contributed by atoms with Crippen LogP contribution >= 0.6 is 0 Å². The van der Waals surface area contributed by atoms with Gasteiger partial charge in [0.15, 0.2) is 11.3 Å². The molecule has 0 rings (SSSR count). The van der Waals surface area contributed by atoms with Crippen LogP contribution in [0.15, 0.2) is 0 Å². The van der Waals surface area contributed by atoms with Crippen LogP contribution < -0.4 is 5.73 Å². The minimum absolute atomic E-state index is 0.121. The summed E-state index contributed by atoms with van der Waals surface area (Å²) in [6.45, 7) is 4.40. The molecule has 0 amide bonds. The third-order valence-electron chi connectivity index (χ3n) is 2.12. The van der Waals surface area contributed by atoms with Crippen LogP contribution in [0.2, 0.25) is 0 Å². The van der Waals surface area contributed by atoms with Gasteiger partial charge in [-0.1, -0.05) is 13.8 Å². The monoisotopic (exact) mass is 211 g/mol. The van der Waals surface area contributed by atoms with Gasteiger partial charge in [-0.25, -0.2) is 0 Å². The van der Waals surface area contributed by atoms with Gasteiger partial charge in [0.1, 0.15) is 0 Å². The number of halogens is 3. The van der Waals surface area contributed by atoms with Gasteiger partial charge in [0.25, 0.3) is 0 Å². The van der Waals surface area contributed by atoms with E-state index in [4.69, 9.17) is 5.73 Å². The summed E-state index contributed by atoms with van der Waals surface area (Å²) in [5.74, 6) is -0.748. The highest BCUT2D eigenvalue weighted by atomic mass is 19.4. The maximum absolute atomic E-state index is 12.3. The zero-order valence-electron chi connectivity index (χ0n) is 8.61. The van der Waals surface area contributed by atoms with Crippen LogP contribution in [-0.4, -0.2) is 17.5 Å². The Balaban J connectivity index is 4.38. The van der Waals surface area contributed by atoms with Gasteiger partial charge < -0.3 is 5.73 Å². The van der Waals surface area contributed by atoms with Crippen molar-refractivity contribution in [2.45, 2.75) is 45.3 Å². The van der Waals surface area contributed by atoms with Crippen LogP contribution in [0.4, 0.5) is 13.2 Å². The second-order valence-corrected chi connectivity index (χ2v) is 4.06. The summed E-state index contributed by atoms with van der Waals surface area (Å²) >= 11 is 0. The number of nitrogens with two attached hydrogens (primary N) is 1. The molecule has 0 bridgehead atoms. The van der Waals surface area contributed by atoms with Crippen molar-refractivity contribution in [2.75, 3.05) is 0 Å². The SMILES string of the molecule is CC(C)CCC(=O)C(C)(N)C(F)(F)F. The van der Waals surface area contributed by atoms with E-state index in [0.717, 1.165) is 6.92 Å². The number of ketones is 1. The molecule has 0 aliphatic carbocycles. The van der Waals surface area contributed by atoms with Crippen molar-refractivity contribution in [3.8, 4) is 0 Å². The third kappa shape index (κ3) is 3.29. The fraction of sp³-hybridized carbons (Fsp3) is 0.889. The smallest absolute Gasteiger partial charge is 0.312 e. The van der Waals surface area contributed by atoms with E-state index < -0.39 is 17.5 Å². The summed E-state index contributed by atoms with van der Waals surface area (Å²) in [7, 11) is 0. The van der Waals surface area contributed by atoms with Gasteiger partial charge in [-0.2, -0.15) is 13.2 Å². The predicted molar refractivity (Wildman–Crippen MR) is 47.7 cm³/mol. The number of rotatable bonds is 4. The first-order valence-electron chi connectivity index (χ1n) is 4.48. The average molecular weight is 211 g/mol. The standard InChI is InChI=1S/C9H16F3NO/c1-6(2)4-5-7(14)8(3,13)9(10,11)12/h6H,4-5,13H2,1-3H3. The van der Waals surface area contributed by atoms with Crippen molar-refractivity contribution >= 4 is 5.78 Å². The second kappa shape index (κ2) is 4.29. The Hall–Kier alpha value is -0.580. The Morgan fingerprint density at radius 1 is 1.36 bits per heavy atom. The molecule has 84 valence electrons. The van der Waals surface area contributed by atoms with Gasteiger partial charge in [-0.3, -0.25) is 4.79 Å². The lowest BCUT2D eigenvalue weighted by molar-refractivity contribution is -0.186. The third-order valence-corrected chi connectivity index (χ3v) is 2.12. The summed E-state index contributed by atoms with van der Waals surface area (Å²) in [4.78, 5) is 11.2. The average Bonchev–Trinajstić information content (AvgIpc) is 1.97. The molecule has 0 aliphatic rings. The molecule has 1 atom stereocenters. The second-order valence-electron chi connectivity index (χ2n) is 4.06. The van der Waals surface area contributed by atoms with E-state index in [1.165, 1.54) is 0 Å². The molecule has 14 heavy (non-hydrogen) atoms. The Morgan fingerprint density at radius 3 is 2.07 bits per heavy atom. The Labute approximate surface area is 81.7 Å². The van der Waals surface area contributed by atoms with Crippen molar-refractivity contribution in [3.05, 3.63) is 0 Å². The summed E-state index contributed by atoms with van der Waals surface area (Å²) < 4.78 is 36.8. The first-order chi connectivity index (χ1) is 6.09. The quantitative estimate of drug-likeness (QED) is 0.775. The van der Waals surface area contributed by atoms with Gasteiger partial charge in [-0.05, 0) is 19.3 Å². The lowest BCUT2D eigenvalue weighted by Crippen LogP contribution is -2.57. The van der Waals surface area contributed by atoms with E-state index in [1.54, 1.807) is 0 Å². The highest BCUT2D eigenvalue weighted by molar-refractivity contribution is 5.88. The summed E-state index contributed by atoms with van der Waals surface area (Å²) in [6, 6.07) is 0. The molecular formula is C9H16F3NO. The van der Waals surface area contributed by atoms with Gasteiger partial charge in [-0.15, -0.1) is 0 Å². The maximum atomic E-state index is 12.3. The van der Waals surface area contributed by atoms with Crippen molar-refractivity contribution in [3.63, 3.8) is 0 Å². The van der Waals surface area contributed by atoms with Crippen molar-refractivity contribution < 1.29 is 18.0 Å². The molecule has 0 aromatic carbocycles. The molecule has 0 radical (unpaired) electrons. The van der Waals surface area contributed by atoms with E-state index in [0.29, 0.717) is 6.42 Å². The molecular weight excluding hydrogens is 195 g/mol. The van der Waals surface area contributed by atoms with E-state index in [9.17, 15) is 18.0 Å². The summed E-state index contributed by atoms with van der Waals surface area (Å²) in [5, 5.41) is 0. The maximum Gasteiger partial charge on any atom is 0.413 e. The van der Waals surface area contributed by atoms with Gasteiger partial charge in [0.2, 0.25) is 0 Å². The molecule has 0 saturated carbocycles. The normalized spacial score (nSPS) is 16.9. The first-order valence-corrected chi connectivity index (χ1v) is 4.48. The zero-order chi connectivity index (χ0) is 11.6. The molecule has 1 unspecified atom stereocenters. The van der Waals surface area contributed by atoms with E-state index >= 15 is 0 Å². The lowest BCUT2D eigenvalue weighted by Gasteiger charge is -2.26. The number of Topliss-reactive ketones (excluding diaryl/α,β-unsaturated/α-hetero) is 1. The van der Waals surface area contributed by atoms with Crippen LogP contribution in [0.5, 0.6) is 0 Å². The Bertz CT molecular complexity index is 209. The number of hydrogen-bond donors (Lipinski definition) is 1. The molecule has 0 saturated heterocycles. The molecule has 0 aliphatic heterocycles. The molecule has 0 heterocycles. The fourth-order valence-corrected chi connectivity index (χ4v) is 0.838. The highest BCUT2D eigenvalue weighted by Gasteiger charge is 2.52. The van der Waals surface area contributed by atoms with E-state index in [2.05, 4.69) is 0 Å². The molecule has 2 nitrogen and oxygen atoms in total. The highest BCUT2D eigenvalue weighted by Crippen LogP contribution is 2.30. The van der Waals surface area contributed by atoms with Crippen LogP contribution in [0, 0.1) is 5.92 Å². The van der Waals surface area contributed by atoms with Crippen molar-refractivity contribution in [2.24, 2.45) is 11.7 Å². The Morgan fingerprint density at radius 2 is 1.79 bits per heavy atom. The fourth-order valence-electron chi connectivity index (χ4n) is 0.838. The minimum atomic E-state index is -4.67. The molecule has 0 spiro atoms. The number of hydrogen-bond acceptors (Lipinski definition) is 2. The number of alkyl halides is 3. The number of carbonyl (C=O) groups is 1. The van der Waals surface area contributed by atoms with Gasteiger partial charge in [0, 0.05) is 6.42 Å². The van der Waals surface area contributed by atoms with Crippen LogP contribution in [0.1, 0.15) is 33.6 Å². The summed E-state index contributed by atoms with van der Waals surface area (Å²) in [6.07, 6.45) is -4.35. The van der Waals surface area contributed by atoms with Gasteiger partial charge in [0.05, 0.1) is 0 Å². The van der Waals surface area contributed by atoms with E-state index in [-0.39, 0.29) is 12.3 Å². The molecule has 2 N–H and O–H groups in total. The molecule has 0 fully saturated rings. The molecule has 0 aromatic rings.